The minimum absolute atomic E-state index is 0.0811. The van der Waals surface area contributed by atoms with Crippen LogP contribution >= 0.6 is 0 Å². The van der Waals surface area contributed by atoms with Crippen LogP contribution in [0.15, 0.2) is 53.5 Å². The molecule has 3 N–H and O–H groups in total. The van der Waals surface area contributed by atoms with Gasteiger partial charge in [0.25, 0.3) is 5.91 Å². The molecule has 1 aliphatic heterocycles. The molecule has 160 valence electrons. The molecule has 1 atom stereocenters. The molecule has 30 heavy (non-hydrogen) atoms. The fraction of sp³-hybridized carbons (Fsp3) is 0.391. The van der Waals surface area contributed by atoms with Gasteiger partial charge in [0.1, 0.15) is 5.82 Å². The summed E-state index contributed by atoms with van der Waals surface area (Å²) in [6.07, 6.45) is 2.86. The molecule has 0 saturated carbocycles. The number of carbonyl (C=O) groups is 1. The summed E-state index contributed by atoms with van der Waals surface area (Å²) >= 11 is 0. The second-order valence-corrected chi connectivity index (χ2v) is 7.44. The lowest BCUT2D eigenvalue weighted by Gasteiger charge is -2.35. The maximum absolute atomic E-state index is 13.6. The van der Waals surface area contributed by atoms with Crippen LogP contribution in [-0.2, 0) is 6.42 Å². The smallest absolute Gasteiger partial charge is 0.251 e. The Morgan fingerprint density at radius 3 is 2.83 bits per heavy atom. The highest BCUT2D eigenvalue weighted by Gasteiger charge is 2.21. The van der Waals surface area contributed by atoms with Crippen molar-refractivity contribution in [2.24, 2.45) is 4.99 Å². The first-order chi connectivity index (χ1) is 14.6. The molecule has 1 saturated heterocycles. The van der Waals surface area contributed by atoms with Crippen molar-refractivity contribution in [3.05, 3.63) is 65.5 Å². The van der Waals surface area contributed by atoms with Gasteiger partial charge in [0, 0.05) is 51.0 Å². The molecule has 2 aromatic carbocycles. The number of nitrogens with one attached hydrogen (secondary N) is 3. The van der Waals surface area contributed by atoms with Crippen molar-refractivity contribution in [3.8, 4) is 0 Å². The Morgan fingerprint density at radius 2 is 2.07 bits per heavy atom. The highest BCUT2D eigenvalue weighted by molar-refractivity contribution is 5.94. The number of halogens is 1. The number of nitrogens with zero attached hydrogens (tertiary/aromatic N) is 2. The number of hydrogen-bond acceptors (Lipinski definition) is 3. The third-order valence-corrected chi connectivity index (χ3v) is 5.28. The standard InChI is InChI=1S/C23H30FN5O/c1-25-22(30)18-7-3-6-17(14-18)11-12-27-23(26-2)28-20-9-5-13-29(16-20)21-10-4-8-19(24)15-21/h3-4,6-8,10,14-15,20H,5,9,11-13,16H2,1-2H3,(H,25,30)(H2,26,27,28). The molecule has 6 nitrogen and oxygen atoms in total. The molecule has 1 amide bonds. The van der Waals surface area contributed by atoms with E-state index < -0.39 is 0 Å². The molecule has 0 spiro atoms. The lowest BCUT2D eigenvalue weighted by molar-refractivity contribution is 0.0963. The van der Waals surface area contributed by atoms with Crippen molar-refractivity contribution in [2.75, 3.05) is 38.6 Å². The van der Waals surface area contributed by atoms with Gasteiger partial charge in [-0.2, -0.15) is 0 Å². The van der Waals surface area contributed by atoms with E-state index in [1.54, 1.807) is 26.2 Å². The third kappa shape index (κ3) is 5.95. The highest BCUT2D eigenvalue weighted by atomic mass is 19.1. The van der Waals surface area contributed by atoms with Crippen LogP contribution in [0.4, 0.5) is 10.1 Å². The molecule has 1 heterocycles. The fourth-order valence-corrected chi connectivity index (χ4v) is 3.73. The van der Waals surface area contributed by atoms with Gasteiger partial charge in [-0.15, -0.1) is 0 Å². The van der Waals surface area contributed by atoms with E-state index in [0.29, 0.717) is 12.1 Å². The van der Waals surface area contributed by atoms with Crippen LogP contribution in [0.2, 0.25) is 0 Å². The van der Waals surface area contributed by atoms with E-state index in [9.17, 15) is 9.18 Å². The van der Waals surface area contributed by atoms with E-state index in [-0.39, 0.29) is 17.8 Å². The predicted octanol–water partition coefficient (Wildman–Crippen LogP) is 2.56. The highest BCUT2D eigenvalue weighted by Crippen LogP contribution is 2.20. The average molecular weight is 412 g/mol. The number of amides is 1. The molecular weight excluding hydrogens is 381 g/mol. The van der Waals surface area contributed by atoms with Crippen molar-refractivity contribution in [3.63, 3.8) is 0 Å². The van der Waals surface area contributed by atoms with Gasteiger partial charge in [0.2, 0.25) is 0 Å². The first kappa shape index (κ1) is 21.6. The van der Waals surface area contributed by atoms with Crippen LogP contribution in [-0.4, -0.2) is 51.6 Å². The van der Waals surface area contributed by atoms with Crippen LogP contribution < -0.4 is 20.9 Å². The molecule has 1 fully saturated rings. The summed E-state index contributed by atoms with van der Waals surface area (Å²) in [7, 11) is 3.39. The zero-order valence-electron chi connectivity index (χ0n) is 17.6. The summed E-state index contributed by atoms with van der Waals surface area (Å²) in [5, 5.41) is 9.48. The second-order valence-electron chi connectivity index (χ2n) is 7.44. The molecule has 1 aliphatic rings. The molecule has 7 heteroatoms. The summed E-state index contributed by atoms with van der Waals surface area (Å²) in [5.74, 6) is 0.464. The quantitative estimate of drug-likeness (QED) is 0.505. The van der Waals surface area contributed by atoms with Gasteiger partial charge in [-0.3, -0.25) is 9.79 Å². The van der Waals surface area contributed by atoms with E-state index in [0.717, 1.165) is 49.6 Å². The van der Waals surface area contributed by atoms with E-state index in [4.69, 9.17) is 0 Å². The Kier molecular flexibility index (Phi) is 7.65. The van der Waals surface area contributed by atoms with E-state index >= 15 is 0 Å². The number of rotatable bonds is 6. The van der Waals surface area contributed by atoms with Crippen molar-refractivity contribution in [1.82, 2.24) is 16.0 Å². The average Bonchev–Trinajstić information content (AvgIpc) is 2.78. The fourth-order valence-electron chi connectivity index (χ4n) is 3.73. The molecular formula is C23H30FN5O. The summed E-state index contributed by atoms with van der Waals surface area (Å²) < 4.78 is 13.6. The van der Waals surface area contributed by atoms with Crippen molar-refractivity contribution in [1.29, 1.82) is 0 Å². The first-order valence-electron chi connectivity index (χ1n) is 10.4. The molecule has 0 aliphatic carbocycles. The first-order valence-corrected chi connectivity index (χ1v) is 10.4. The number of carbonyl (C=O) groups excluding carboxylic acids is 1. The van der Waals surface area contributed by atoms with Crippen LogP contribution in [0.5, 0.6) is 0 Å². The van der Waals surface area contributed by atoms with E-state index in [1.807, 2.05) is 30.3 Å². The largest absolute Gasteiger partial charge is 0.369 e. The van der Waals surface area contributed by atoms with Crippen LogP contribution in [0, 0.1) is 5.82 Å². The van der Waals surface area contributed by atoms with Crippen LogP contribution in [0.3, 0.4) is 0 Å². The molecule has 0 radical (unpaired) electrons. The summed E-state index contributed by atoms with van der Waals surface area (Å²) in [6.45, 7) is 2.44. The molecule has 0 bridgehead atoms. The Morgan fingerprint density at radius 1 is 1.23 bits per heavy atom. The Hall–Kier alpha value is -3.09. The normalized spacial score (nSPS) is 16.8. The summed E-state index contributed by atoms with van der Waals surface area (Å²) in [4.78, 5) is 18.3. The Bertz CT molecular complexity index is 885. The van der Waals surface area contributed by atoms with Gasteiger partial charge in [-0.1, -0.05) is 18.2 Å². The Balaban J connectivity index is 1.50. The van der Waals surface area contributed by atoms with Crippen LogP contribution in [0.25, 0.3) is 0 Å². The topological polar surface area (TPSA) is 68.8 Å². The zero-order chi connectivity index (χ0) is 21.3. The molecule has 0 aromatic heterocycles. The number of piperidine rings is 1. The summed E-state index contributed by atoms with van der Waals surface area (Å²) in [5.41, 5.74) is 2.67. The van der Waals surface area contributed by atoms with Gasteiger partial charge in [0.15, 0.2) is 5.96 Å². The van der Waals surface area contributed by atoms with E-state index in [1.165, 1.54) is 6.07 Å². The second kappa shape index (κ2) is 10.6. The number of aliphatic imine (C=N–C) groups is 1. The monoisotopic (exact) mass is 411 g/mol. The molecule has 3 rings (SSSR count). The van der Waals surface area contributed by atoms with Gasteiger partial charge < -0.3 is 20.9 Å². The lowest BCUT2D eigenvalue weighted by Crippen LogP contribution is -2.51. The molecule has 1 unspecified atom stereocenters. The predicted molar refractivity (Wildman–Crippen MR) is 120 cm³/mol. The van der Waals surface area contributed by atoms with Crippen LogP contribution in [0.1, 0.15) is 28.8 Å². The number of benzene rings is 2. The zero-order valence-corrected chi connectivity index (χ0v) is 17.6. The third-order valence-electron chi connectivity index (χ3n) is 5.28. The molecule has 2 aromatic rings. The van der Waals surface area contributed by atoms with Crippen molar-refractivity contribution in [2.45, 2.75) is 25.3 Å². The minimum Gasteiger partial charge on any atom is -0.369 e. The number of anilines is 1. The Labute approximate surface area is 177 Å². The van der Waals surface area contributed by atoms with Gasteiger partial charge in [-0.05, 0) is 55.2 Å². The maximum Gasteiger partial charge on any atom is 0.251 e. The maximum atomic E-state index is 13.6. The number of guanidine groups is 1. The SMILES string of the molecule is CN=C(NCCc1cccc(C(=O)NC)c1)NC1CCCN(c2cccc(F)c2)C1. The van der Waals surface area contributed by atoms with Gasteiger partial charge in [0.05, 0.1) is 0 Å². The summed E-state index contributed by atoms with van der Waals surface area (Å²) in [6, 6.07) is 14.6. The van der Waals surface area contributed by atoms with Crippen molar-refractivity contribution < 1.29 is 9.18 Å². The minimum atomic E-state index is -0.208. The lowest BCUT2D eigenvalue weighted by atomic mass is 10.0. The van der Waals surface area contributed by atoms with Crippen molar-refractivity contribution >= 4 is 17.6 Å². The van der Waals surface area contributed by atoms with Gasteiger partial charge >= 0.3 is 0 Å². The number of hydrogen-bond donors (Lipinski definition) is 3. The van der Waals surface area contributed by atoms with E-state index in [2.05, 4.69) is 25.8 Å². The van der Waals surface area contributed by atoms with Gasteiger partial charge in [-0.25, -0.2) is 4.39 Å².